The first-order chi connectivity index (χ1) is 10.1. The minimum atomic E-state index is -1.37. The molecule has 0 bridgehead atoms. The first-order valence-electron chi connectivity index (χ1n) is 6.00. The molecule has 122 valence electrons. The van der Waals surface area contributed by atoms with Crippen molar-refractivity contribution in [2.24, 2.45) is 11.8 Å². The fourth-order valence-electron chi connectivity index (χ4n) is 1.58. The molecule has 4 N–H and O–H groups in total. The third kappa shape index (κ3) is 6.59. The molecule has 0 aromatic heterocycles. The maximum absolute atomic E-state index is 11.1. The molecule has 0 aromatic rings. The van der Waals surface area contributed by atoms with Gasteiger partial charge in [0.15, 0.2) is 0 Å². The van der Waals surface area contributed by atoms with E-state index in [4.69, 9.17) is 20.4 Å². The van der Waals surface area contributed by atoms with Crippen LogP contribution in [0.15, 0.2) is 0 Å². The number of carboxylic acid groups (broad SMARTS) is 4. The van der Waals surface area contributed by atoms with Crippen molar-refractivity contribution in [2.75, 3.05) is 0 Å². The highest BCUT2D eigenvalue weighted by molar-refractivity contribution is 6.12. The number of Topliss-reactive ketones (excluding diaryl/α,β-unsaturated/α-hetero) is 2. The Kier molecular flexibility index (Phi) is 7.42. The van der Waals surface area contributed by atoms with E-state index in [1.54, 1.807) is 0 Å². The van der Waals surface area contributed by atoms with Crippen LogP contribution >= 0.6 is 0 Å². The Balaban J connectivity index is 0.000000472. The van der Waals surface area contributed by atoms with E-state index in [1.165, 1.54) is 0 Å². The van der Waals surface area contributed by atoms with E-state index in [2.05, 4.69) is 0 Å². The maximum Gasteiger partial charge on any atom is 0.314 e. The Hall–Kier alpha value is -2.78. The number of hydrogen-bond acceptors (Lipinski definition) is 6. The summed E-state index contributed by atoms with van der Waals surface area (Å²) in [4.78, 5) is 62.4. The van der Waals surface area contributed by atoms with Crippen molar-refractivity contribution < 1.29 is 49.2 Å². The maximum atomic E-state index is 11.1. The molecule has 2 unspecified atom stereocenters. The molecule has 1 saturated carbocycles. The average Bonchev–Trinajstić information content (AvgIpc) is 2.38. The Morgan fingerprint density at radius 3 is 1.18 bits per heavy atom. The number of hydrogen-bond donors (Lipinski definition) is 4. The lowest BCUT2D eigenvalue weighted by atomic mass is 9.80. The van der Waals surface area contributed by atoms with Crippen molar-refractivity contribution in [2.45, 2.75) is 25.7 Å². The quantitative estimate of drug-likeness (QED) is 0.470. The van der Waals surface area contributed by atoms with E-state index in [-0.39, 0.29) is 12.8 Å². The van der Waals surface area contributed by atoms with E-state index in [9.17, 15) is 28.8 Å². The topological polar surface area (TPSA) is 183 Å². The summed E-state index contributed by atoms with van der Waals surface area (Å²) in [6.45, 7) is 0. The van der Waals surface area contributed by atoms with Crippen LogP contribution in [0.25, 0.3) is 0 Å². The van der Waals surface area contributed by atoms with Crippen LogP contribution in [0.5, 0.6) is 0 Å². The molecule has 0 heterocycles. The van der Waals surface area contributed by atoms with Crippen molar-refractivity contribution in [3.05, 3.63) is 0 Å². The highest BCUT2D eigenvalue weighted by atomic mass is 16.4. The van der Waals surface area contributed by atoms with Crippen molar-refractivity contribution in [1.29, 1.82) is 0 Å². The smallest absolute Gasteiger partial charge is 0.314 e. The van der Waals surface area contributed by atoms with Gasteiger partial charge in [0.25, 0.3) is 0 Å². The highest BCUT2D eigenvalue weighted by Gasteiger charge is 2.41. The second kappa shape index (κ2) is 8.49. The number of aliphatic carboxylic acids is 4. The molecular formula is C12H14O10. The first-order valence-corrected chi connectivity index (χ1v) is 6.00. The Morgan fingerprint density at radius 1 is 0.727 bits per heavy atom. The van der Waals surface area contributed by atoms with Gasteiger partial charge in [0.1, 0.15) is 23.4 Å². The molecule has 0 radical (unpaired) electrons. The fourth-order valence-corrected chi connectivity index (χ4v) is 1.58. The van der Waals surface area contributed by atoms with Crippen LogP contribution < -0.4 is 0 Å². The van der Waals surface area contributed by atoms with Crippen LogP contribution in [0.3, 0.4) is 0 Å². The summed E-state index contributed by atoms with van der Waals surface area (Å²) >= 11 is 0. The lowest BCUT2D eigenvalue weighted by Gasteiger charge is -2.20. The van der Waals surface area contributed by atoms with E-state index >= 15 is 0 Å². The van der Waals surface area contributed by atoms with Crippen LogP contribution in [0.4, 0.5) is 0 Å². The second-order valence-corrected chi connectivity index (χ2v) is 4.41. The molecule has 10 nitrogen and oxygen atoms in total. The van der Waals surface area contributed by atoms with Gasteiger partial charge < -0.3 is 20.4 Å². The Morgan fingerprint density at radius 2 is 1.00 bits per heavy atom. The highest BCUT2D eigenvalue weighted by Crippen LogP contribution is 2.23. The minimum absolute atomic E-state index is 0.296. The van der Waals surface area contributed by atoms with Gasteiger partial charge in [0.2, 0.25) is 0 Å². The second-order valence-electron chi connectivity index (χ2n) is 4.41. The summed E-state index contributed by atoms with van der Waals surface area (Å²) in [6.07, 6.45) is -1.61. The molecule has 10 heteroatoms. The summed E-state index contributed by atoms with van der Waals surface area (Å²) in [5.74, 6) is -9.00. The normalized spacial score (nSPS) is 20.5. The van der Waals surface area contributed by atoms with Gasteiger partial charge in [0, 0.05) is 12.8 Å². The van der Waals surface area contributed by atoms with E-state index in [0.29, 0.717) is 0 Å². The zero-order chi connectivity index (χ0) is 17.4. The van der Waals surface area contributed by atoms with Crippen LogP contribution in [0.2, 0.25) is 0 Å². The molecule has 0 aromatic carbocycles. The van der Waals surface area contributed by atoms with Gasteiger partial charge in [-0.25, -0.2) is 0 Å². The number of carbonyl (C=O) groups excluding carboxylic acids is 2. The van der Waals surface area contributed by atoms with E-state index in [0.717, 1.165) is 0 Å². The molecule has 1 fully saturated rings. The van der Waals surface area contributed by atoms with Crippen molar-refractivity contribution in [3.63, 3.8) is 0 Å². The van der Waals surface area contributed by atoms with Crippen molar-refractivity contribution >= 4 is 35.4 Å². The summed E-state index contributed by atoms with van der Waals surface area (Å²) in [5, 5.41) is 32.9. The molecular weight excluding hydrogens is 304 g/mol. The SMILES string of the molecule is O=C(O)C1CC(=O)C(C(=O)O)CC1=O.O=C(O)CCC(=O)O. The van der Waals surface area contributed by atoms with Crippen LogP contribution in [0.1, 0.15) is 25.7 Å². The summed E-state index contributed by atoms with van der Waals surface area (Å²) in [5.41, 5.74) is 0. The first kappa shape index (κ1) is 19.2. The van der Waals surface area contributed by atoms with Gasteiger partial charge in [-0.1, -0.05) is 0 Å². The zero-order valence-corrected chi connectivity index (χ0v) is 11.2. The number of ketones is 2. The van der Waals surface area contributed by atoms with E-state index < -0.39 is 60.1 Å². The number of rotatable bonds is 5. The monoisotopic (exact) mass is 318 g/mol. The van der Waals surface area contributed by atoms with Gasteiger partial charge >= 0.3 is 23.9 Å². The van der Waals surface area contributed by atoms with Crippen LogP contribution in [-0.4, -0.2) is 55.9 Å². The predicted molar refractivity (Wildman–Crippen MR) is 66.0 cm³/mol. The van der Waals surface area contributed by atoms with Gasteiger partial charge in [-0.2, -0.15) is 0 Å². The largest absolute Gasteiger partial charge is 0.481 e. The summed E-state index contributed by atoms with van der Waals surface area (Å²) in [6, 6.07) is 0. The van der Waals surface area contributed by atoms with Crippen molar-refractivity contribution in [1.82, 2.24) is 0 Å². The summed E-state index contributed by atoms with van der Waals surface area (Å²) in [7, 11) is 0. The molecule has 22 heavy (non-hydrogen) atoms. The predicted octanol–water partition coefficient (Wildman–Crippen LogP) is -0.744. The molecule has 0 aliphatic heterocycles. The third-order valence-electron chi connectivity index (χ3n) is 2.74. The average molecular weight is 318 g/mol. The molecule has 1 aliphatic rings. The van der Waals surface area contributed by atoms with Crippen LogP contribution in [0, 0.1) is 11.8 Å². The van der Waals surface area contributed by atoms with Crippen molar-refractivity contribution in [3.8, 4) is 0 Å². The number of carbonyl (C=O) groups is 6. The molecule has 2 atom stereocenters. The standard InChI is InChI=1S/C8H8O6.C4H6O4/c9-5-1-3(7(11)12)6(10)2-4(5)8(13)14;5-3(6)1-2-4(7)8/h3-4H,1-2H2,(H,11,12)(H,13,14);1-2H2,(H,5,6)(H,7,8). The zero-order valence-electron chi connectivity index (χ0n) is 11.2. The molecule has 1 aliphatic carbocycles. The van der Waals surface area contributed by atoms with Gasteiger partial charge in [-0.15, -0.1) is 0 Å². The number of carboxylic acids is 4. The molecule has 0 spiro atoms. The molecule has 1 rings (SSSR count). The van der Waals surface area contributed by atoms with E-state index in [1.807, 2.05) is 0 Å². The van der Waals surface area contributed by atoms with Gasteiger partial charge in [-0.05, 0) is 0 Å². The molecule has 0 saturated heterocycles. The fraction of sp³-hybridized carbons (Fsp3) is 0.500. The summed E-state index contributed by atoms with van der Waals surface area (Å²) < 4.78 is 0. The Bertz CT molecular complexity index is 460. The lowest BCUT2D eigenvalue weighted by Crippen LogP contribution is -2.39. The van der Waals surface area contributed by atoms with Gasteiger partial charge in [-0.3, -0.25) is 28.8 Å². The van der Waals surface area contributed by atoms with Gasteiger partial charge in [0.05, 0.1) is 12.8 Å². The lowest BCUT2D eigenvalue weighted by molar-refractivity contribution is -0.158. The minimum Gasteiger partial charge on any atom is -0.481 e. The molecule has 0 amide bonds. The van der Waals surface area contributed by atoms with Crippen LogP contribution in [-0.2, 0) is 28.8 Å². The third-order valence-corrected chi connectivity index (χ3v) is 2.74. The Labute approximate surface area is 123 Å².